The van der Waals surface area contributed by atoms with Gasteiger partial charge >= 0.3 is 11.8 Å². The van der Waals surface area contributed by atoms with Crippen LogP contribution in [0.4, 0.5) is 10.5 Å². The monoisotopic (exact) mass is 456 g/mol. The summed E-state index contributed by atoms with van der Waals surface area (Å²) in [7, 11) is 0. The zero-order valence-electron chi connectivity index (χ0n) is 18.0. The van der Waals surface area contributed by atoms with E-state index in [1.54, 1.807) is 0 Å². The summed E-state index contributed by atoms with van der Waals surface area (Å²) in [5.74, 6) is 4.75. The second-order valence-corrected chi connectivity index (χ2v) is 7.61. The number of phenols is 1. The number of carbonyl (C=O) groups is 2. The molecule has 34 heavy (non-hydrogen) atoms. The van der Waals surface area contributed by atoms with Gasteiger partial charge in [0.25, 0.3) is 0 Å². The van der Waals surface area contributed by atoms with Crippen molar-refractivity contribution in [1.29, 1.82) is 0 Å². The molecule has 1 aliphatic rings. The van der Waals surface area contributed by atoms with Gasteiger partial charge in [-0.05, 0) is 28.3 Å². The number of hydrogen-bond donors (Lipinski definition) is 2. The first-order chi connectivity index (χ1) is 16.5. The number of aromatic hydroxyl groups is 1. The summed E-state index contributed by atoms with van der Waals surface area (Å²) in [5, 5.41) is 23.4. The van der Waals surface area contributed by atoms with Crippen molar-refractivity contribution in [2.75, 3.05) is 13.2 Å². The Kier molecular flexibility index (Phi) is 6.55. The highest BCUT2D eigenvalue weighted by Gasteiger charge is 2.28. The largest absolute Gasteiger partial charge is 0.502 e. The number of aldehydes is 1. The van der Waals surface area contributed by atoms with Gasteiger partial charge < -0.3 is 15.2 Å². The zero-order chi connectivity index (χ0) is 24.1. The van der Waals surface area contributed by atoms with Crippen LogP contribution in [0.3, 0.4) is 0 Å². The maximum atomic E-state index is 12.2. The number of amides is 1. The van der Waals surface area contributed by atoms with Crippen molar-refractivity contribution in [1.82, 2.24) is 5.32 Å². The SMILES string of the molecule is O=Cc1cc(C#CCCNC(=O)OCC2c3ccccc3-c3ccccc32)cc([N+](=O)[O-])c1O. The summed E-state index contributed by atoms with van der Waals surface area (Å²) in [6.07, 6.45) is 0.0220. The fourth-order valence-corrected chi connectivity index (χ4v) is 3.98. The minimum Gasteiger partial charge on any atom is -0.502 e. The number of carbonyl (C=O) groups excluding carboxylic acids is 2. The molecular weight excluding hydrogens is 436 g/mol. The van der Waals surface area contributed by atoms with Crippen LogP contribution in [-0.4, -0.2) is 35.6 Å². The van der Waals surface area contributed by atoms with Gasteiger partial charge in [-0.2, -0.15) is 0 Å². The molecule has 0 fully saturated rings. The predicted octanol–water partition coefficient (Wildman–Crippen LogP) is 4.39. The molecule has 2 N–H and O–H groups in total. The Morgan fingerprint density at radius 3 is 2.38 bits per heavy atom. The van der Waals surface area contributed by atoms with Crippen LogP contribution < -0.4 is 5.32 Å². The number of hydrogen-bond acceptors (Lipinski definition) is 6. The molecule has 0 spiro atoms. The summed E-state index contributed by atoms with van der Waals surface area (Å²) in [6, 6.07) is 18.5. The Morgan fingerprint density at radius 1 is 1.12 bits per heavy atom. The average Bonchev–Trinajstić information content (AvgIpc) is 3.16. The normalized spacial score (nSPS) is 11.5. The number of fused-ring (bicyclic) bond motifs is 3. The smallest absolute Gasteiger partial charge is 0.407 e. The maximum Gasteiger partial charge on any atom is 0.407 e. The van der Waals surface area contributed by atoms with Crippen LogP contribution in [0.25, 0.3) is 11.1 Å². The summed E-state index contributed by atoms with van der Waals surface area (Å²) in [6.45, 7) is 0.418. The van der Waals surface area contributed by atoms with Gasteiger partial charge in [0.05, 0.1) is 10.5 Å². The van der Waals surface area contributed by atoms with Crippen LogP contribution in [0.15, 0.2) is 60.7 Å². The number of alkyl carbamates (subject to hydrolysis) is 1. The quantitative estimate of drug-likeness (QED) is 0.187. The molecule has 0 unspecified atom stereocenters. The highest BCUT2D eigenvalue weighted by molar-refractivity contribution is 5.83. The van der Waals surface area contributed by atoms with Crippen LogP contribution >= 0.6 is 0 Å². The van der Waals surface area contributed by atoms with E-state index in [0.717, 1.165) is 28.3 Å². The number of ether oxygens (including phenoxy) is 1. The summed E-state index contributed by atoms with van der Waals surface area (Å²) >= 11 is 0. The lowest BCUT2D eigenvalue weighted by Crippen LogP contribution is -2.26. The third-order valence-corrected chi connectivity index (χ3v) is 5.54. The number of nitro benzene ring substituents is 1. The lowest BCUT2D eigenvalue weighted by molar-refractivity contribution is -0.385. The standard InChI is InChI=1S/C26H20N2O6/c29-15-18-13-17(14-24(25(18)30)28(32)33)7-5-6-12-27-26(31)34-16-23-21-10-3-1-8-19(21)20-9-2-4-11-22(20)23/h1-4,8-11,13-15,23,30H,6,12,16H2,(H,27,31). The van der Waals surface area contributed by atoms with E-state index in [4.69, 9.17) is 4.74 Å². The summed E-state index contributed by atoms with van der Waals surface area (Å²) in [5.41, 5.74) is 3.96. The molecule has 3 aromatic rings. The molecule has 8 heteroatoms. The molecule has 4 rings (SSSR count). The van der Waals surface area contributed by atoms with E-state index >= 15 is 0 Å². The van der Waals surface area contributed by atoms with Crippen LogP contribution in [0, 0.1) is 22.0 Å². The number of phenolic OH excluding ortho intramolecular Hbond substituents is 1. The molecular formula is C26H20N2O6. The minimum atomic E-state index is -0.786. The lowest BCUT2D eigenvalue weighted by Gasteiger charge is -2.14. The maximum absolute atomic E-state index is 12.2. The second-order valence-electron chi connectivity index (χ2n) is 7.61. The molecule has 0 aromatic heterocycles. The Morgan fingerprint density at radius 2 is 1.76 bits per heavy atom. The Hall–Kier alpha value is -4.64. The van der Waals surface area contributed by atoms with Crippen LogP contribution in [0.2, 0.25) is 0 Å². The van der Waals surface area contributed by atoms with Crippen molar-refractivity contribution in [2.24, 2.45) is 0 Å². The van der Waals surface area contributed by atoms with Crippen molar-refractivity contribution in [3.05, 3.63) is 93.0 Å². The molecule has 0 heterocycles. The van der Waals surface area contributed by atoms with Gasteiger partial charge in [0.1, 0.15) is 6.61 Å². The number of nitrogens with zero attached hydrogens (tertiary/aromatic N) is 1. The Bertz CT molecular complexity index is 1290. The van der Waals surface area contributed by atoms with E-state index in [1.807, 2.05) is 36.4 Å². The van der Waals surface area contributed by atoms with Crippen LogP contribution in [-0.2, 0) is 4.74 Å². The molecule has 8 nitrogen and oxygen atoms in total. The topological polar surface area (TPSA) is 119 Å². The van der Waals surface area contributed by atoms with E-state index in [9.17, 15) is 24.8 Å². The molecule has 0 radical (unpaired) electrons. The Labute approximate surface area is 195 Å². The first-order valence-electron chi connectivity index (χ1n) is 10.5. The number of nitro groups is 1. The van der Waals surface area contributed by atoms with Gasteiger partial charge in [0.2, 0.25) is 5.75 Å². The molecule has 0 bridgehead atoms. The minimum absolute atomic E-state index is 0.0322. The molecule has 0 saturated heterocycles. The van der Waals surface area contributed by atoms with E-state index in [2.05, 4.69) is 29.3 Å². The predicted molar refractivity (Wildman–Crippen MR) is 125 cm³/mol. The van der Waals surface area contributed by atoms with Crippen LogP contribution in [0.1, 0.15) is 39.4 Å². The molecule has 3 aromatic carbocycles. The molecule has 0 aliphatic heterocycles. The van der Waals surface area contributed by atoms with Crippen molar-refractivity contribution in [3.8, 4) is 28.7 Å². The van der Waals surface area contributed by atoms with Gasteiger partial charge in [-0.25, -0.2) is 4.79 Å². The Balaban J connectivity index is 1.31. The van der Waals surface area contributed by atoms with Crippen molar-refractivity contribution in [3.63, 3.8) is 0 Å². The second kappa shape index (κ2) is 9.88. The van der Waals surface area contributed by atoms with Gasteiger partial charge in [-0.3, -0.25) is 14.9 Å². The van der Waals surface area contributed by atoms with E-state index in [-0.39, 0.29) is 36.6 Å². The van der Waals surface area contributed by atoms with Crippen molar-refractivity contribution < 1.29 is 24.4 Å². The van der Waals surface area contributed by atoms with E-state index in [1.165, 1.54) is 6.07 Å². The lowest BCUT2D eigenvalue weighted by atomic mass is 9.98. The van der Waals surface area contributed by atoms with E-state index in [0.29, 0.717) is 6.29 Å². The van der Waals surface area contributed by atoms with Crippen LogP contribution in [0.5, 0.6) is 5.75 Å². The highest BCUT2D eigenvalue weighted by atomic mass is 16.6. The first-order valence-corrected chi connectivity index (χ1v) is 10.5. The fourth-order valence-electron chi connectivity index (χ4n) is 3.98. The van der Waals surface area contributed by atoms with Crippen molar-refractivity contribution >= 4 is 18.1 Å². The zero-order valence-corrected chi connectivity index (χ0v) is 18.0. The third kappa shape index (κ3) is 4.59. The number of benzene rings is 3. The van der Waals surface area contributed by atoms with E-state index < -0.39 is 22.5 Å². The van der Waals surface area contributed by atoms with Gasteiger partial charge in [-0.1, -0.05) is 60.4 Å². The molecule has 0 saturated carbocycles. The summed E-state index contributed by atoms with van der Waals surface area (Å²) in [4.78, 5) is 33.4. The molecule has 1 amide bonds. The molecule has 0 atom stereocenters. The molecule has 170 valence electrons. The summed E-state index contributed by atoms with van der Waals surface area (Å²) < 4.78 is 5.45. The number of nitrogens with one attached hydrogen (secondary N) is 1. The van der Waals surface area contributed by atoms with Gasteiger partial charge in [0.15, 0.2) is 6.29 Å². The van der Waals surface area contributed by atoms with Crippen molar-refractivity contribution in [2.45, 2.75) is 12.3 Å². The average molecular weight is 456 g/mol. The first kappa shape index (κ1) is 22.6. The molecule has 1 aliphatic carbocycles. The fraction of sp³-hybridized carbons (Fsp3) is 0.154. The van der Waals surface area contributed by atoms with Gasteiger partial charge in [0, 0.05) is 30.5 Å². The number of rotatable bonds is 6. The van der Waals surface area contributed by atoms with Gasteiger partial charge in [-0.15, -0.1) is 0 Å². The highest BCUT2D eigenvalue weighted by Crippen LogP contribution is 2.44. The third-order valence-electron chi connectivity index (χ3n) is 5.54.